The molecule has 0 fully saturated rings. The Labute approximate surface area is 109 Å². The normalized spacial score (nSPS) is 10.2. The molecule has 2 rings (SSSR count). The summed E-state index contributed by atoms with van der Waals surface area (Å²) < 4.78 is 18.2. The minimum absolute atomic E-state index is 0.371. The maximum Gasteiger partial charge on any atom is 0.145 e. The molecule has 0 atom stereocenters. The first kappa shape index (κ1) is 12.5. The molecule has 5 heteroatoms. The van der Waals surface area contributed by atoms with Crippen molar-refractivity contribution in [2.45, 2.75) is 0 Å². The predicted octanol–water partition coefficient (Wildman–Crippen LogP) is 3.81. The molecule has 94 valence electrons. The van der Waals surface area contributed by atoms with Crippen molar-refractivity contribution in [3.05, 3.63) is 47.2 Å². The van der Waals surface area contributed by atoms with E-state index in [0.29, 0.717) is 27.8 Å². The Bertz CT molecular complexity index is 555. The fourth-order valence-corrected chi connectivity index (χ4v) is 1.80. The van der Waals surface area contributed by atoms with E-state index in [1.165, 1.54) is 19.2 Å². The summed E-state index contributed by atoms with van der Waals surface area (Å²) in [6, 6.07) is 9.38. The van der Waals surface area contributed by atoms with Gasteiger partial charge in [-0.25, -0.2) is 4.39 Å². The Balaban J connectivity index is 2.40. The fourth-order valence-electron chi connectivity index (χ4n) is 1.58. The van der Waals surface area contributed by atoms with Crippen molar-refractivity contribution in [1.29, 1.82) is 0 Å². The van der Waals surface area contributed by atoms with E-state index in [1.54, 1.807) is 24.3 Å². The van der Waals surface area contributed by atoms with Crippen LogP contribution in [0.3, 0.4) is 0 Å². The monoisotopic (exact) mass is 266 g/mol. The highest BCUT2D eigenvalue weighted by molar-refractivity contribution is 6.34. The lowest BCUT2D eigenvalue weighted by Gasteiger charge is -2.14. The predicted molar refractivity (Wildman–Crippen MR) is 72.1 cm³/mol. The van der Waals surface area contributed by atoms with Gasteiger partial charge < -0.3 is 15.8 Å². The minimum atomic E-state index is -0.371. The van der Waals surface area contributed by atoms with E-state index in [9.17, 15) is 4.39 Å². The van der Waals surface area contributed by atoms with Gasteiger partial charge in [-0.15, -0.1) is 0 Å². The largest absolute Gasteiger partial charge is 0.494 e. The molecule has 0 radical (unpaired) electrons. The van der Waals surface area contributed by atoms with Gasteiger partial charge in [0.1, 0.15) is 11.6 Å². The van der Waals surface area contributed by atoms with Crippen molar-refractivity contribution >= 4 is 28.7 Å². The second-order valence-electron chi connectivity index (χ2n) is 3.67. The molecule has 0 heterocycles. The van der Waals surface area contributed by atoms with Crippen LogP contribution in [0.15, 0.2) is 36.4 Å². The molecule has 2 aromatic carbocycles. The zero-order chi connectivity index (χ0) is 13.1. The van der Waals surface area contributed by atoms with E-state index in [2.05, 4.69) is 5.32 Å². The number of hydrogen-bond acceptors (Lipinski definition) is 3. The summed E-state index contributed by atoms with van der Waals surface area (Å²) in [5.74, 6) is 0.0128. The topological polar surface area (TPSA) is 47.3 Å². The minimum Gasteiger partial charge on any atom is -0.494 e. The van der Waals surface area contributed by atoms with Crippen LogP contribution < -0.4 is 15.8 Å². The Morgan fingerprint density at radius 3 is 2.72 bits per heavy atom. The van der Waals surface area contributed by atoms with Crippen LogP contribution in [-0.4, -0.2) is 7.11 Å². The number of nitrogens with two attached hydrogens (primary N) is 1. The lowest BCUT2D eigenvalue weighted by atomic mass is 10.2. The average molecular weight is 267 g/mol. The molecule has 3 N–H and O–H groups in total. The number of methoxy groups -OCH3 is 1. The molecule has 0 saturated carbocycles. The highest BCUT2D eigenvalue weighted by Crippen LogP contribution is 2.34. The van der Waals surface area contributed by atoms with E-state index < -0.39 is 0 Å². The SMILES string of the molecule is COc1cc(F)ccc1Nc1c(N)cccc1Cl. The van der Waals surface area contributed by atoms with Crippen molar-refractivity contribution in [1.82, 2.24) is 0 Å². The molecule has 0 spiro atoms. The van der Waals surface area contributed by atoms with Crippen LogP contribution >= 0.6 is 11.6 Å². The zero-order valence-corrected chi connectivity index (χ0v) is 10.5. The van der Waals surface area contributed by atoms with Gasteiger partial charge in [-0.05, 0) is 24.3 Å². The molecule has 3 nitrogen and oxygen atoms in total. The standard InChI is InChI=1S/C13H12ClFN2O/c1-18-12-7-8(15)5-6-11(12)17-13-9(14)3-2-4-10(13)16/h2-7,17H,16H2,1H3. The summed E-state index contributed by atoms with van der Waals surface area (Å²) in [6.07, 6.45) is 0. The molecule has 0 aliphatic rings. The van der Waals surface area contributed by atoms with Gasteiger partial charge in [0.05, 0.1) is 29.2 Å². The van der Waals surface area contributed by atoms with Crippen molar-refractivity contribution < 1.29 is 9.13 Å². The molecule has 0 aliphatic carbocycles. The average Bonchev–Trinajstić information content (AvgIpc) is 2.35. The number of rotatable bonds is 3. The van der Waals surface area contributed by atoms with E-state index in [-0.39, 0.29) is 5.82 Å². The number of benzene rings is 2. The summed E-state index contributed by atoms with van der Waals surface area (Å²) in [6.45, 7) is 0. The summed E-state index contributed by atoms with van der Waals surface area (Å²) in [4.78, 5) is 0. The number of nitrogen functional groups attached to an aromatic ring is 1. The summed E-state index contributed by atoms with van der Waals surface area (Å²) in [5.41, 5.74) is 7.51. The van der Waals surface area contributed by atoms with E-state index in [1.807, 2.05) is 0 Å². The van der Waals surface area contributed by atoms with Crippen molar-refractivity contribution in [3.8, 4) is 5.75 Å². The molecule has 0 aliphatic heterocycles. The number of halogens is 2. The number of ether oxygens (including phenoxy) is 1. The van der Waals surface area contributed by atoms with Crippen LogP contribution in [0, 0.1) is 5.82 Å². The number of nitrogens with one attached hydrogen (secondary N) is 1. The summed E-state index contributed by atoms with van der Waals surface area (Å²) in [7, 11) is 1.47. The van der Waals surface area contributed by atoms with E-state index >= 15 is 0 Å². The summed E-state index contributed by atoms with van der Waals surface area (Å²) in [5, 5.41) is 3.53. The highest BCUT2D eigenvalue weighted by Gasteiger charge is 2.09. The second kappa shape index (κ2) is 5.14. The van der Waals surface area contributed by atoms with Crippen LogP contribution in [0.1, 0.15) is 0 Å². The van der Waals surface area contributed by atoms with Crippen LogP contribution in [0.5, 0.6) is 5.75 Å². The molecule has 0 aromatic heterocycles. The van der Waals surface area contributed by atoms with Crippen molar-refractivity contribution in [2.24, 2.45) is 0 Å². The van der Waals surface area contributed by atoms with E-state index in [4.69, 9.17) is 22.1 Å². The van der Waals surface area contributed by atoms with Crippen molar-refractivity contribution in [3.63, 3.8) is 0 Å². The lowest BCUT2D eigenvalue weighted by Crippen LogP contribution is -1.99. The van der Waals surface area contributed by atoms with Gasteiger partial charge in [0.25, 0.3) is 0 Å². The second-order valence-corrected chi connectivity index (χ2v) is 4.08. The Morgan fingerprint density at radius 1 is 1.28 bits per heavy atom. The van der Waals surface area contributed by atoms with Gasteiger partial charge in [-0.2, -0.15) is 0 Å². The fraction of sp³-hybridized carbons (Fsp3) is 0.0769. The lowest BCUT2D eigenvalue weighted by molar-refractivity contribution is 0.413. The highest BCUT2D eigenvalue weighted by atomic mass is 35.5. The smallest absolute Gasteiger partial charge is 0.145 e. The first-order valence-corrected chi connectivity index (χ1v) is 5.64. The van der Waals surface area contributed by atoms with Gasteiger partial charge in [0.15, 0.2) is 0 Å². The molecule has 0 saturated heterocycles. The number of hydrogen-bond donors (Lipinski definition) is 2. The molecule has 0 unspecified atom stereocenters. The molecule has 18 heavy (non-hydrogen) atoms. The molecular weight excluding hydrogens is 255 g/mol. The first-order chi connectivity index (χ1) is 8.61. The maximum atomic E-state index is 13.1. The van der Waals surface area contributed by atoms with Crippen LogP contribution in [-0.2, 0) is 0 Å². The maximum absolute atomic E-state index is 13.1. The molecule has 0 amide bonds. The first-order valence-electron chi connectivity index (χ1n) is 5.26. The van der Waals surface area contributed by atoms with Gasteiger partial charge in [0, 0.05) is 6.07 Å². The van der Waals surface area contributed by atoms with Crippen LogP contribution in [0.4, 0.5) is 21.5 Å². The zero-order valence-electron chi connectivity index (χ0n) is 9.71. The number of para-hydroxylation sites is 1. The number of anilines is 3. The van der Waals surface area contributed by atoms with Crippen LogP contribution in [0.25, 0.3) is 0 Å². The quantitative estimate of drug-likeness (QED) is 0.831. The van der Waals surface area contributed by atoms with Gasteiger partial charge in [0.2, 0.25) is 0 Å². The van der Waals surface area contributed by atoms with Crippen molar-refractivity contribution in [2.75, 3.05) is 18.2 Å². The third kappa shape index (κ3) is 2.49. The van der Waals surface area contributed by atoms with Gasteiger partial charge in [-0.3, -0.25) is 0 Å². The molecule has 0 bridgehead atoms. The Morgan fingerprint density at radius 2 is 2.06 bits per heavy atom. The Hall–Kier alpha value is -1.94. The third-order valence-electron chi connectivity index (χ3n) is 2.47. The van der Waals surface area contributed by atoms with Gasteiger partial charge in [-0.1, -0.05) is 17.7 Å². The van der Waals surface area contributed by atoms with Gasteiger partial charge >= 0.3 is 0 Å². The third-order valence-corrected chi connectivity index (χ3v) is 2.78. The Kier molecular flexibility index (Phi) is 3.58. The van der Waals surface area contributed by atoms with E-state index in [0.717, 1.165) is 0 Å². The summed E-state index contributed by atoms with van der Waals surface area (Å²) >= 11 is 6.05. The molecular formula is C13H12ClFN2O. The van der Waals surface area contributed by atoms with Crippen LogP contribution in [0.2, 0.25) is 5.02 Å². The molecule has 2 aromatic rings.